The average molecular weight is 251 g/mol. The Morgan fingerprint density at radius 3 is 2.72 bits per heavy atom. The standard InChI is InChI=1S/C11H7F2N3O2/c12-6-1-2-8(7(13)3-6)16-11(18)9-4-15-10(17)5-14-9/h1-5H,(H,15,17)(H,16,18). The lowest BCUT2D eigenvalue weighted by atomic mass is 10.3. The molecule has 0 saturated carbocycles. The lowest BCUT2D eigenvalue weighted by Crippen LogP contribution is -2.17. The van der Waals surface area contributed by atoms with E-state index in [1.54, 1.807) is 0 Å². The third-order valence-electron chi connectivity index (χ3n) is 2.08. The number of aromatic amines is 1. The number of aromatic nitrogens is 2. The zero-order chi connectivity index (χ0) is 13.1. The van der Waals surface area contributed by atoms with Gasteiger partial charge >= 0.3 is 0 Å². The van der Waals surface area contributed by atoms with Crippen LogP contribution < -0.4 is 10.9 Å². The summed E-state index contributed by atoms with van der Waals surface area (Å²) in [6, 6.07) is 2.75. The molecule has 0 aliphatic heterocycles. The van der Waals surface area contributed by atoms with Gasteiger partial charge in [-0.25, -0.2) is 13.8 Å². The third kappa shape index (κ3) is 2.57. The Bertz CT molecular complexity index is 634. The van der Waals surface area contributed by atoms with Gasteiger partial charge in [0.1, 0.15) is 17.3 Å². The van der Waals surface area contributed by atoms with Crippen molar-refractivity contribution in [2.45, 2.75) is 0 Å². The van der Waals surface area contributed by atoms with Gasteiger partial charge in [0.15, 0.2) is 0 Å². The molecule has 0 aliphatic carbocycles. The number of benzene rings is 1. The van der Waals surface area contributed by atoms with Crippen LogP contribution in [0.5, 0.6) is 0 Å². The summed E-state index contributed by atoms with van der Waals surface area (Å²) < 4.78 is 25.9. The summed E-state index contributed by atoms with van der Waals surface area (Å²) >= 11 is 0. The van der Waals surface area contributed by atoms with E-state index in [1.165, 1.54) is 0 Å². The van der Waals surface area contributed by atoms with E-state index in [1.807, 2.05) is 0 Å². The van der Waals surface area contributed by atoms with Gasteiger partial charge in [-0.15, -0.1) is 0 Å². The minimum absolute atomic E-state index is 0.0849. The van der Waals surface area contributed by atoms with E-state index in [2.05, 4.69) is 15.3 Å². The zero-order valence-corrected chi connectivity index (χ0v) is 8.91. The average Bonchev–Trinajstić information content (AvgIpc) is 2.33. The highest BCUT2D eigenvalue weighted by molar-refractivity contribution is 6.02. The first-order valence-electron chi connectivity index (χ1n) is 4.87. The van der Waals surface area contributed by atoms with Gasteiger partial charge in [0.25, 0.3) is 11.5 Å². The first kappa shape index (κ1) is 11.9. The molecule has 1 aromatic heterocycles. The van der Waals surface area contributed by atoms with Crippen LogP contribution in [0, 0.1) is 11.6 Å². The Morgan fingerprint density at radius 2 is 2.11 bits per heavy atom. The zero-order valence-electron chi connectivity index (χ0n) is 8.91. The Balaban J connectivity index is 2.21. The van der Waals surface area contributed by atoms with Gasteiger partial charge in [0.05, 0.1) is 11.9 Å². The normalized spacial score (nSPS) is 10.1. The van der Waals surface area contributed by atoms with Crippen molar-refractivity contribution < 1.29 is 13.6 Å². The molecular weight excluding hydrogens is 244 g/mol. The first-order valence-corrected chi connectivity index (χ1v) is 4.87. The molecule has 0 bridgehead atoms. The molecule has 0 spiro atoms. The van der Waals surface area contributed by atoms with Crippen molar-refractivity contribution in [2.75, 3.05) is 5.32 Å². The number of anilines is 1. The van der Waals surface area contributed by atoms with Crippen LogP contribution in [-0.2, 0) is 0 Å². The van der Waals surface area contributed by atoms with Crippen molar-refractivity contribution in [3.63, 3.8) is 0 Å². The predicted molar refractivity (Wildman–Crippen MR) is 59.2 cm³/mol. The summed E-state index contributed by atoms with van der Waals surface area (Å²) in [6.45, 7) is 0. The smallest absolute Gasteiger partial charge is 0.275 e. The maximum Gasteiger partial charge on any atom is 0.275 e. The highest BCUT2D eigenvalue weighted by Gasteiger charge is 2.11. The molecule has 0 saturated heterocycles. The van der Waals surface area contributed by atoms with E-state index in [-0.39, 0.29) is 11.4 Å². The molecule has 2 aromatic rings. The fraction of sp³-hybridized carbons (Fsp3) is 0. The van der Waals surface area contributed by atoms with Gasteiger partial charge in [0.2, 0.25) is 0 Å². The summed E-state index contributed by atoms with van der Waals surface area (Å²) in [4.78, 5) is 28.2. The molecular formula is C11H7F2N3O2. The van der Waals surface area contributed by atoms with Gasteiger partial charge in [0, 0.05) is 12.3 Å². The molecule has 0 atom stereocenters. The maximum absolute atomic E-state index is 13.3. The predicted octanol–water partition coefficient (Wildman–Crippen LogP) is 1.30. The van der Waals surface area contributed by atoms with Crippen LogP contribution in [0.4, 0.5) is 14.5 Å². The summed E-state index contributed by atoms with van der Waals surface area (Å²) in [7, 11) is 0. The fourth-order valence-corrected chi connectivity index (χ4v) is 1.24. The summed E-state index contributed by atoms with van der Waals surface area (Å²) in [6.07, 6.45) is 2.02. The molecule has 1 aromatic carbocycles. The van der Waals surface area contributed by atoms with Gasteiger partial charge in [-0.05, 0) is 12.1 Å². The van der Waals surface area contributed by atoms with Crippen LogP contribution in [0.15, 0.2) is 35.4 Å². The van der Waals surface area contributed by atoms with Crippen molar-refractivity contribution in [1.82, 2.24) is 9.97 Å². The van der Waals surface area contributed by atoms with Crippen molar-refractivity contribution >= 4 is 11.6 Å². The molecule has 0 fully saturated rings. The SMILES string of the molecule is O=C(Nc1ccc(F)cc1F)c1c[nH]c(=O)cn1. The summed E-state index contributed by atoms with van der Waals surface area (Å²) in [5, 5.41) is 2.21. The van der Waals surface area contributed by atoms with Crippen molar-refractivity contribution in [3.8, 4) is 0 Å². The Morgan fingerprint density at radius 1 is 1.33 bits per heavy atom. The van der Waals surface area contributed by atoms with E-state index in [0.717, 1.165) is 24.5 Å². The topological polar surface area (TPSA) is 74.8 Å². The number of nitrogens with one attached hydrogen (secondary N) is 2. The number of amides is 1. The van der Waals surface area contributed by atoms with E-state index in [4.69, 9.17) is 0 Å². The second kappa shape index (κ2) is 4.74. The maximum atomic E-state index is 13.3. The third-order valence-corrected chi connectivity index (χ3v) is 2.08. The number of hydrogen-bond donors (Lipinski definition) is 2. The number of carbonyl (C=O) groups excluding carboxylic acids is 1. The quantitative estimate of drug-likeness (QED) is 0.844. The molecule has 1 heterocycles. The minimum atomic E-state index is -0.896. The van der Waals surface area contributed by atoms with Crippen molar-refractivity contribution in [3.05, 3.63) is 58.3 Å². The molecule has 5 nitrogen and oxygen atoms in total. The second-order valence-electron chi connectivity index (χ2n) is 3.37. The van der Waals surface area contributed by atoms with Gasteiger partial charge in [-0.3, -0.25) is 9.59 Å². The molecule has 92 valence electrons. The second-order valence-corrected chi connectivity index (χ2v) is 3.37. The molecule has 7 heteroatoms. The fourth-order valence-electron chi connectivity index (χ4n) is 1.24. The number of nitrogens with zero attached hydrogens (tertiary/aromatic N) is 1. The molecule has 18 heavy (non-hydrogen) atoms. The number of hydrogen-bond acceptors (Lipinski definition) is 3. The lowest BCUT2D eigenvalue weighted by molar-refractivity contribution is 0.102. The van der Waals surface area contributed by atoms with E-state index >= 15 is 0 Å². The van der Waals surface area contributed by atoms with Gasteiger partial charge in [-0.2, -0.15) is 0 Å². The minimum Gasteiger partial charge on any atom is -0.325 e. The highest BCUT2D eigenvalue weighted by atomic mass is 19.1. The first-order chi connectivity index (χ1) is 8.56. The van der Waals surface area contributed by atoms with Crippen molar-refractivity contribution in [2.24, 2.45) is 0 Å². The Kier molecular flexibility index (Phi) is 3.13. The number of rotatable bonds is 2. The van der Waals surface area contributed by atoms with Crippen LogP contribution in [0.1, 0.15) is 10.5 Å². The number of halogens is 2. The summed E-state index contributed by atoms with van der Waals surface area (Å²) in [5.74, 6) is -2.35. The molecule has 0 aliphatic rings. The molecule has 2 rings (SSSR count). The van der Waals surface area contributed by atoms with Crippen LogP contribution in [0.25, 0.3) is 0 Å². The Hall–Kier alpha value is -2.57. The van der Waals surface area contributed by atoms with E-state index in [0.29, 0.717) is 6.07 Å². The monoisotopic (exact) mass is 251 g/mol. The molecule has 2 N–H and O–H groups in total. The van der Waals surface area contributed by atoms with Gasteiger partial charge in [-0.1, -0.05) is 0 Å². The summed E-state index contributed by atoms with van der Waals surface area (Å²) in [5.41, 5.74) is -0.716. The number of H-pyrrole nitrogens is 1. The molecule has 1 amide bonds. The van der Waals surface area contributed by atoms with Crippen LogP contribution >= 0.6 is 0 Å². The lowest BCUT2D eigenvalue weighted by Gasteiger charge is -2.05. The Labute approximate surface area is 99.5 Å². The number of carbonyl (C=O) groups is 1. The van der Waals surface area contributed by atoms with Crippen LogP contribution in [0.3, 0.4) is 0 Å². The molecule has 0 radical (unpaired) electrons. The van der Waals surface area contributed by atoms with Crippen LogP contribution in [0.2, 0.25) is 0 Å². The van der Waals surface area contributed by atoms with Crippen molar-refractivity contribution in [1.29, 1.82) is 0 Å². The molecule has 0 unspecified atom stereocenters. The van der Waals surface area contributed by atoms with Gasteiger partial charge < -0.3 is 10.3 Å². The van der Waals surface area contributed by atoms with E-state index in [9.17, 15) is 18.4 Å². The van der Waals surface area contributed by atoms with E-state index < -0.39 is 23.1 Å². The van der Waals surface area contributed by atoms with Crippen LogP contribution in [-0.4, -0.2) is 15.9 Å². The highest BCUT2D eigenvalue weighted by Crippen LogP contribution is 2.15. The largest absolute Gasteiger partial charge is 0.325 e.